The van der Waals surface area contributed by atoms with Crippen LogP contribution in [0.3, 0.4) is 0 Å². The number of hydrogen-bond donors (Lipinski definition) is 1. The summed E-state index contributed by atoms with van der Waals surface area (Å²) >= 11 is 0. The molecule has 44 heavy (non-hydrogen) atoms. The van der Waals surface area contributed by atoms with Crippen molar-refractivity contribution in [1.29, 1.82) is 0 Å². The van der Waals surface area contributed by atoms with Crippen molar-refractivity contribution in [2.24, 2.45) is 0 Å². The van der Waals surface area contributed by atoms with E-state index in [-0.39, 0.29) is 5.41 Å². The molecule has 0 saturated carbocycles. The number of dihydropyridines is 1. The van der Waals surface area contributed by atoms with E-state index in [1.807, 2.05) is 38.1 Å². The first-order valence-electron chi connectivity index (χ1n) is 15.4. The Bertz CT molecular complexity index is 1450. The topological polar surface area (TPSA) is 71.1 Å². The van der Waals surface area contributed by atoms with E-state index in [0.29, 0.717) is 12.1 Å². The molecule has 230 valence electrons. The molecule has 3 aromatic rings. The molecule has 1 saturated heterocycles. The van der Waals surface area contributed by atoms with Crippen LogP contribution in [0.4, 0.5) is 0 Å². The van der Waals surface area contributed by atoms with E-state index >= 15 is 0 Å². The standard InChI is InChI=1S/C37H43N3O4/c1-27-33(36(42)44-4)34(29-16-18-32(43-3)19-17-29)35(28(2)38-27)40(26-41)23-11-22-39-24-20-37(21-25-39,30-12-7-5-8-13-30)31-14-9-6-10-15-31/h5-10,12-19,26,34,38H,11,20-25H2,1-4H3. The molecule has 7 heteroatoms. The number of piperidine rings is 1. The number of esters is 1. The van der Waals surface area contributed by atoms with Crippen LogP contribution in [0.25, 0.3) is 0 Å². The Morgan fingerprint density at radius 3 is 2.02 bits per heavy atom. The van der Waals surface area contributed by atoms with Gasteiger partial charge < -0.3 is 24.6 Å². The van der Waals surface area contributed by atoms with Crippen molar-refractivity contribution in [2.75, 3.05) is 40.4 Å². The molecular weight excluding hydrogens is 550 g/mol. The molecule has 5 rings (SSSR count). The second kappa shape index (κ2) is 14.0. The largest absolute Gasteiger partial charge is 0.497 e. The van der Waals surface area contributed by atoms with Gasteiger partial charge in [-0.3, -0.25) is 4.79 Å². The van der Waals surface area contributed by atoms with Gasteiger partial charge in [-0.25, -0.2) is 4.79 Å². The average molecular weight is 594 g/mol. The van der Waals surface area contributed by atoms with E-state index in [2.05, 4.69) is 70.9 Å². The number of ether oxygens (including phenoxy) is 2. The van der Waals surface area contributed by atoms with Gasteiger partial charge in [-0.15, -0.1) is 0 Å². The second-order valence-corrected chi connectivity index (χ2v) is 11.7. The lowest BCUT2D eigenvalue weighted by atomic mass is 9.68. The fourth-order valence-corrected chi connectivity index (χ4v) is 6.98. The summed E-state index contributed by atoms with van der Waals surface area (Å²) in [7, 11) is 3.01. The lowest BCUT2D eigenvalue weighted by Crippen LogP contribution is -2.44. The van der Waals surface area contributed by atoms with Gasteiger partial charge in [0.15, 0.2) is 0 Å². The second-order valence-electron chi connectivity index (χ2n) is 11.7. The van der Waals surface area contributed by atoms with Gasteiger partial charge in [0, 0.05) is 23.4 Å². The van der Waals surface area contributed by atoms with Crippen molar-refractivity contribution in [1.82, 2.24) is 15.1 Å². The lowest BCUT2D eigenvalue weighted by molar-refractivity contribution is -0.136. The minimum Gasteiger partial charge on any atom is -0.497 e. The molecule has 2 aliphatic heterocycles. The van der Waals surface area contributed by atoms with E-state index in [0.717, 1.165) is 73.7 Å². The Kier molecular flexibility index (Phi) is 9.85. The van der Waals surface area contributed by atoms with Crippen LogP contribution < -0.4 is 10.1 Å². The number of hydrogen-bond acceptors (Lipinski definition) is 6. The fraction of sp³-hybridized carbons (Fsp3) is 0.351. The van der Waals surface area contributed by atoms with Crippen molar-refractivity contribution in [3.8, 4) is 5.75 Å². The maximum absolute atomic E-state index is 13.0. The van der Waals surface area contributed by atoms with Crippen molar-refractivity contribution < 1.29 is 19.1 Å². The summed E-state index contributed by atoms with van der Waals surface area (Å²) in [5.41, 5.74) is 6.47. The number of amides is 1. The zero-order valence-corrected chi connectivity index (χ0v) is 26.2. The van der Waals surface area contributed by atoms with Crippen LogP contribution >= 0.6 is 0 Å². The highest BCUT2D eigenvalue weighted by molar-refractivity contribution is 5.92. The van der Waals surface area contributed by atoms with Crippen molar-refractivity contribution >= 4 is 12.4 Å². The summed E-state index contributed by atoms with van der Waals surface area (Å²) in [4.78, 5) is 29.9. The zero-order valence-electron chi connectivity index (χ0n) is 26.2. The number of nitrogens with zero attached hydrogens (tertiary/aromatic N) is 2. The number of methoxy groups -OCH3 is 2. The van der Waals surface area contributed by atoms with Gasteiger partial charge in [0.25, 0.3) is 0 Å². The van der Waals surface area contributed by atoms with E-state index in [1.165, 1.54) is 18.2 Å². The molecule has 0 aliphatic carbocycles. The molecule has 1 unspecified atom stereocenters. The highest BCUT2D eigenvalue weighted by Gasteiger charge is 2.38. The molecule has 1 atom stereocenters. The number of benzene rings is 3. The maximum Gasteiger partial charge on any atom is 0.336 e. The highest BCUT2D eigenvalue weighted by Crippen LogP contribution is 2.42. The van der Waals surface area contributed by atoms with Crippen molar-refractivity contribution in [3.63, 3.8) is 0 Å². The third kappa shape index (κ3) is 6.29. The molecule has 1 fully saturated rings. The Morgan fingerprint density at radius 2 is 1.50 bits per heavy atom. The van der Waals surface area contributed by atoms with E-state index in [1.54, 1.807) is 12.0 Å². The van der Waals surface area contributed by atoms with Gasteiger partial charge in [-0.1, -0.05) is 72.8 Å². The quantitative estimate of drug-likeness (QED) is 0.218. The van der Waals surface area contributed by atoms with E-state index < -0.39 is 11.9 Å². The average Bonchev–Trinajstić information content (AvgIpc) is 3.07. The van der Waals surface area contributed by atoms with Crippen LogP contribution in [0.15, 0.2) is 108 Å². The van der Waals surface area contributed by atoms with E-state index in [9.17, 15) is 9.59 Å². The summed E-state index contributed by atoms with van der Waals surface area (Å²) < 4.78 is 10.6. The predicted molar refractivity (Wildman–Crippen MR) is 173 cm³/mol. The number of allylic oxidation sites excluding steroid dienone is 3. The first kappa shape index (κ1) is 31.1. The third-order valence-electron chi connectivity index (χ3n) is 9.25. The van der Waals surface area contributed by atoms with Crippen LogP contribution in [0.1, 0.15) is 55.7 Å². The smallest absolute Gasteiger partial charge is 0.336 e. The lowest BCUT2D eigenvalue weighted by Gasteiger charge is -2.43. The number of nitrogens with one attached hydrogen (secondary N) is 1. The summed E-state index contributed by atoms with van der Waals surface area (Å²) in [6.45, 7) is 7.22. The van der Waals surface area contributed by atoms with Crippen LogP contribution in [0, 0.1) is 0 Å². The molecular formula is C37H43N3O4. The molecule has 0 bridgehead atoms. The minimum atomic E-state index is -0.452. The third-order valence-corrected chi connectivity index (χ3v) is 9.25. The van der Waals surface area contributed by atoms with Crippen LogP contribution in [0.2, 0.25) is 0 Å². The molecule has 1 N–H and O–H groups in total. The van der Waals surface area contributed by atoms with Gasteiger partial charge in [0.2, 0.25) is 6.41 Å². The van der Waals surface area contributed by atoms with Gasteiger partial charge in [-0.2, -0.15) is 0 Å². The summed E-state index contributed by atoms with van der Waals surface area (Å²) in [5, 5.41) is 3.33. The maximum atomic E-state index is 13.0. The zero-order chi connectivity index (χ0) is 31.1. The monoisotopic (exact) mass is 593 g/mol. The first-order chi connectivity index (χ1) is 21.4. The molecule has 2 aliphatic rings. The van der Waals surface area contributed by atoms with Crippen molar-refractivity contribution in [2.45, 2.75) is 44.4 Å². The number of rotatable bonds is 11. The highest BCUT2D eigenvalue weighted by atomic mass is 16.5. The fourth-order valence-electron chi connectivity index (χ4n) is 6.98. The minimum absolute atomic E-state index is 0.00358. The van der Waals surface area contributed by atoms with E-state index in [4.69, 9.17) is 9.47 Å². The van der Waals surface area contributed by atoms with Crippen LogP contribution in [-0.2, 0) is 19.7 Å². The Balaban J connectivity index is 1.31. The Hall–Kier alpha value is -4.36. The molecule has 1 amide bonds. The molecule has 3 aromatic carbocycles. The predicted octanol–water partition coefficient (Wildman–Crippen LogP) is 5.99. The Morgan fingerprint density at radius 1 is 0.909 bits per heavy atom. The van der Waals surface area contributed by atoms with Gasteiger partial charge in [-0.05, 0) is 81.6 Å². The summed E-state index contributed by atoms with van der Waals surface area (Å²) in [5.74, 6) is -0.143. The molecule has 0 radical (unpaired) electrons. The first-order valence-corrected chi connectivity index (χ1v) is 15.4. The SMILES string of the molecule is COC(=O)C1=C(C)NC(C)=C(N(C=O)CCCN2CCC(c3ccccc3)(c3ccccc3)CC2)C1c1ccc(OC)cc1. The number of carbonyl (C=O) groups excluding carboxylic acids is 2. The molecule has 7 nitrogen and oxygen atoms in total. The molecule has 0 aromatic heterocycles. The van der Waals surface area contributed by atoms with Gasteiger partial charge >= 0.3 is 5.97 Å². The van der Waals surface area contributed by atoms with Gasteiger partial charge in [0.05, 0.1) is 31.4 Å². The molecule has 2 heterocycles. The van der Waals surface area contributed by atoms with Crippen LogP contribution in [-0.4, -0.2) is 62.6 Å². The molecule has 0 spiro atoms. The number of carbonyl (C=O) groups is 2. The normalized spacial score (nSPS) is 18.4. The summed E-state index contributed by atoms with van der Waals surface area (Å²) in [6, 6.07) is 29.4. The van der Waals surface area contributed by atoms with Crippen molar-refractivity contribution in [3.05, 3.63) is 124 Å². The summed E-state index contributed by atoms with van der Waals surface area (Å²) in [6.07, 6.45) is 3.78. The number of likely N-dealkylation sites (tertiary alicyclic amines) is 1. The van der Waals surface area contributed by atoms with Gasteiger partial charge in [0.1, 0.15) is 5.75 Å². The Labute approximate surface area is 261 Å². The van der Waals surface area contributed by atoms with Crippen LogP contribution in [0.5, 0.6) is 5.75 Å².